The molecule has 1 aliphatic rings. The van der Waals surface area contributed by atoms with Crippen LogP contribution in [-0.4, -0.2) is 29.1 Å². The first-order valence-corrected chi connectivity index (χ1v) is 11.6. The van der Waals surface area contributed by atoms with Crippen molar-refractivity contribution in [3.05, 3.63) is 58.7 Å². The lowest BCUT2D eigenvalue weighted by atomic mass is 10.0. The van der Waals surface area contributed by atoms with Gasteiger partial charge in [0.1, 0.15) is 17.2 Å². The first kappa shape index (κ1) is 23.7. The van der Waals surface area contributed by atoms with Crippen LogP contribution in [0.25, 0.3) is 5.57 Å². The highest BCUT2D eigenvalue weighted by molar-refractivity contribution is 5.98. The Morgan fingerprint density at radius 1 is 1.00 bits per heavy atom. The lowest BCUT2D eigenvalue weighted by Crippen LogP contribution is -2.26. The van der Waals surface area contributed by atoms with Crippen molar-refractivity contribution in [1.29, 1.82) is 0 Å². The van der Waals surface area contributed by atoms with Crippen molar-refractivity contribution in [2.45, 2.75) is 66.5 Å². The first-order chi connectivity index (χ1) is 15.3. The van der Waals surface area contributed by atoms with Crippen LogP contribution in [-0.2, 0) is 13.1 Å². The number of carbonyl (C=O) groups is 1. The molecule has 2 aromatic carbocycles. The van der Waals surface area contributed by atoms with Crippen LogP contribution in [0.15, 0.2) is 30.8 Å². The Morgan fingerprint density at radius 2 is 1.62 bits per heavy atom. The van der Waals surface area contributed by atoms with Crippen molar-refractivity contribution >= 4 is 11.5 Å². The van der Waals surface area contributed by atoms with Crippen molar-refractivity contribution in [1.82, 2.24) is 4.90 Å². The predicted octanol–water partition coefficient (Wildman–Crippen LogP) is 6.25. The number of fused-ring (bicyclic) bond motifs is 1. The topological polar surface area (TPSA) is 59.0 Å². The summed E-state index contributed by atoms with van der Waals surface area (Å²) in [5.74, 6) is 1.40. The number of ether oxygens (including phenoxy) is 2. The molecule has 5 heteroatoms. The number of phenolic OH excluding ortho intramolecular Hbond substituents is 1. The van der Waals surface area contributed by atoms with Crippen molar-refractivity contribution in [3.8, 4) is 17.2 Å². The average molecular weight is 438 g/mol. The van der Waals surface area contributed by atoms with Crippen LogP contribution >= 0.6 is 0 Å². The van der Waals surface area contributed by atoms with E-state index >= 15 is 0 Å². The molecule has 2 aromatic rings. The Labute approximate surface area is 191 Å². The molecule has 32 heavy (non-hydrogen) atoms. The Morgan fingerprint density at radius 3 is 2.22 bits per heavy atom. The third kappa shape index (κ3) is 5.26. The number of allylic oxidation sites excluding steroid dienone is 1. The van der Waals surface area contributed by atoms with Crippen molar-refractivity contribution in [3.63, 3.8) is 0 Å². The maximum absolute atomic E-state index is 13.6. The Hall–Kier alpha value is -2.95. The zero-order valence-electron chi connectivity index (χ0n) is 19.8. The minimum absolute atomic E-state index is 0.0887. The third-order valence-electron chi connectivity index (χ3n) is 5.83. The SMILES string of the molecule is C=C(C)c1cc(C(=O)N2Cc3cc(O)cc(C)c3C2)c(OCCCC)cc1OCCCC. The molecule has 0 atom stereocenters. The number of rotatable bonds is 10. The van der Waals surface area contributed by atoms with E-state index in [1.165, 1.54) is 0 Å². The van der Waals surface area contributed by atoms with Crippen LogP contribution in [0.1, 0.15) is 79.1 Å². The van der Waals surface area contributed by atoms with Crippen molar-refractivity contribution in [2.75, 3.05) is 13.2 Å². The van der Waals surface area contributed by atoms with Gasteiger partial charge in [0.15, 0.2) is 0 Å². The molecule has 0 aromatic heterocycles. The molecule has 3 rings (SSSR count). The highest BCUT2D eigenvalue weighted by Crippen LogP contribution is 2.36. The molecule has 0 radical (unpaired) electrons. The van der Waals surface area contributed by atoms with Gasteiger partial charge >= 0.3 is 0 Å². The molecule has 172 valence electrons. The van der Waals surface area contributed by atoms with Crippen LogP contribution in [0.2, 0.25) is 0 Å². The maximum atomic E-state index is 13.6. The van der Waals surface area contributed by atoms with Gasteiger partial charge in [0.05, 0.1) is 18.8 Å². The van der Waals surface area contributed by atoms with Gasteiger partial charge in [-0.1, -0.05) is 33.3 Å². The molecule has 0 spiro atoms. The number of aromatic hydroxyl groups is 1. The highest BCUT2D eigenvalue weighted by Gasteiger charge is 2.29. The fourth-order valence-electron chi connectivity index (χ4n) is 3.96. The minimum atomic E-state index is -0.0887. The summed E-state index contributed by atoms with van der Waals surface area (Å²) >= 11 is 0. The standard InChI is InChI=1S/C27H35NO4/c1-6-8-10-31-25-15-26(32-11-9-7-2)23(14-22(25)18(3)4)27(30)28-16-20-13-21(29)12-19(5)24(20)17-28/h12-15,29H,3,6-11,16-17H2,1-2,4-5H3. The number of phenols is 1. The maximum Gasteiger partial charge on any atom is 0.258 e. The third-order valence-corrected chi connectivity index (χ3v) is 5.83. The Bertz CT molecular complexity index is 996. The van der Waals surface area contributed by atoms with E-state index in [0.717, 1.165) is 53.5 Å². The zero-order valence-corrected chi connectivity index (χ0v) is 19.8. The number of benzene rings is 2. The van der Waals surface area contributed by atoms with E-state index in [0.29, 0.717) is 43.4 Å². The van der Waals surface area contributed by atoms with Gasteiger partial charge in [-0.15, -0.1) is 0 Å². The van der Waals surface area contributed by atoms with E-state index in [1.54, 1.807) is 17.0 Å². The van der Waals surface area contributed by atoms with Crippen LogP contribution in [0, 0.1) is 6.92 Å². The molecular formula is C27H35NO4. The number of hydrogen-bond donors (Lipinski definition) is 1. The van der Waals surface area contributed by atoms with E-state index in [1.807, 2.05) is 26.0 Å². The summed E-state index contributed by atoms with van der Waals surface area (Å²) in [5.41, 5.74) is 5.29. The molecular weight excluding hydrogens is 402 g/mol. The molecule has 5 nitrogen and oxygen atoms in total. The second kappa shape index (κ2) is 10.6. The van der Waals surface area contributed by atoms with Gasteiger partial charge in [0.25, 0.3) is 5.91 Å². The van der Waals surface area contributed by atoms with Crippen LogP contribution in [0.4, 0.5) is 0 Å². The lowest BCUT2D eigenvalue weighted by Gasteiger charge is -2.21. The zero-order chi connectivity index (χ0) is 23.3. The van der Waals surface area contributed by atoms with Crippen LogP contribution < -0.4 is 9.47 Å². The summed E-state index contributed by atoms with van der Waals surface area (Å²) in [7, 11) is 0. The smallest absolute Gasteiger partial charge is 0.258 e. The first-order valence-electron chi connectivity index (χ1n) is 11.6. The van der Waals surface area contributed by atoms with Crippen molar-refractivity contribution in [2.24, 2.45) is 0 Å². The summed E-state index contributed by atoms with van der Waals surface area (Å²) in [5, 5.41) is 9.95. The normalized spacial score (nSPS) is 12.6. The molecule has 1 amide bonds. The molecule has 1 heterocycles. The summed E-state index contributed by atoms with van der Waals surface area (Å²) in [6, 6.07) is 7.20. The van der Waals surface area contributed by atoms with Gasteiger partial charge in [-0.25, -0.2) is 0 Å². The van der Waals surface area contributed by atoms with Crippen molar-refractivity contribution < 1.29 is 19.4 Å². The number of amides is 1. The monoisotopic (exact) mass is 437 g/mol. The number of unbranched alkanes of at least 4 members (excludes halogenated alkanes) is 2. The van der Waals surface area contributed by atoms with E-state index in [2.05, 4.69) is 20.4 Å². The average Bonchev–Trinajstić information content (AvgIpc) is 3.18. The number of hydrogen-bond acceptors (Lipinski definition) is 4. The second-order valence-corrected chi connectivity index (χ2v) is 8.59. The van der Waals surface area contributed by atoms with Gasteiger partial charge < -0.3 is 19.5 Å². The lowest BCUT2D eigenvalue weighted by molar-refractivity contribution is 0.0746. The largest absolute Gasteiger partial charge is 0.508 e. The van der Waals surface area contributed by atoms with Crippen LogP contribution in [0.5, 0.6) is 17.2 Å². The molecule has 1 N–H and O–H groups in total. The quantitative estimate of drug-likeness (QED) is 0.447. The number of aryl methyl sites for hydroxylation is 1. The summed E-state index contributed by atoms with van der Waals surface area (Å²) in [6.07, 6.45) is 3.93. The highest BCUT2D eigenvalue weighted by atomic mass is 16.5. The molecule has 0 saturated heterocycles. The molecule has 0 fully saturated rings. The Balaban J connectivity index is 1.95. The van der Waals surface area contributed by atoms with E-state index in [9.17, 15) is 9.90 Å². The van der Waals surface area contributed by atoms with Crippen LogP contribution in [0.3, 0.4) is 0 Å². The Kier molecular flexibility index (Phi) is 7.84. The summed E-state index contributed by atoms with van der Waals surface area (Å²) in [6.45, 7) is 14.4. The van der Waals surface area contributed by atoms with Gasteiger partial charge in [-0.05, 0) is 67.2 Å². The number of nitrogens with zero attached hydrogens (tertiary/aromatic N) is 1. The molecule has 1 aliphatic heterocycles. The second-order valence-electron chi connectivity index (χ2n) is 8.59. The van der Waals surface area contributed by atoms with Gasteiger partial charge in [0.2, 0.25) is 0 Å². The summed E-state index contributed by atoms with van der Waals surface area (Å²) < 4.78 is 12.1. The minimum Gasteiger partial charge on any atom is -0.508 e. The molecule has 0 saturated carbocycles. The molecule has 0 bridgehead atoms. The van der Waals surface area contributed by atoms with E-state index < -0.39 is 0 Å². The fourth-order valence-corrected chi connectivity index (χ4v) is 3.96. The van der Waals surface area contributed by atoms with Gasteiger partial charge in [0, 0.05) is 24.7 Å². The predicted molar refractivity (Wildman–Crippen MR) is 128 cm³/mol. The number of carbonyl (C=O) groups excluding carboxylic acids is 1. The van der Waals surface area contributed by atoms with E-state index in [4.69, 9.17) is 9.47 Å². The van der Waals surface area contributed by atoms with E-state index in [-0.39, 0.29) is 11.7 Å². The van der Waals surface area contributed by atoms with Gasteiger partial charge in [-0.2, -0.15) is 0 Å². The summed E-state index contributed by atoms with van der Waals surface area (Å²) in [4.78, 5) is 15.4. The van der Waals surface area contributed by atoms with Gasteiger partial charge in [-0.3, -0.25) is 4.79 Å². The molecule has 0 unspecified atom stereocenters. The molecule has 0 aliphatic carbocycles. The fraction of sp³-hybridized carbons (Fsp3) is 0.444.